The van der Waals surface area contributed by atoms with Gasteiger partial charge in [0.15, 0.2) is 11.6 Å². The zero-order chi connectivity index (χ0) is 28.5. The average Bonchev–Trinajstić information content (AvgIpc) is 3.36. The van der Waals surface area contributed by atoms with Gasteiger partial charge in [-0.15, -0.1) is 0 Å². The molecule has 0 bridgehead atoms. The number of nitrogens with zero attached hydrogens (tertiary/aromatic N) is 1. The van der Waals surface area contributed by atoms with Crippen LogP contribution in [-0.4, -0.2) is 65.1 Å². The van der Waals surface area contributed by atoms with Crippen molar-refractivity contribution in [1.82, 2.24) is 10.9 Å². The van der Waals surface area contributed by atoms with Crippen LogP contribution in [0.5, 0.6) is 5.75 Å². The molecule has 2 atom stereocenters. The molecule has 9 nitrogen and oxygen atoms in total. The Morgan fingerprint density at radius 2 is 1.70 bits per heavy atom. The van der Waals surface area contributed by atoms with Gasteiger partial charge in [0, 0.05) is 34.0 Å². The summed E-state index contributed by atoms with van der Waals surface area (Å²) >= 11 is 7.07. The van der Waals surface area contributed by atoms with Gasteiger partial charge < -0.3 is 24.8 Å². The third-order valence-electron chi connectivity index (χ3n) is 6.45. The van der Waals surface area contributed by atoms with Crippen LogP contribution in [0.25, 0.3) is 0 Å². The van der Waals surface area contributed by atoms with E-state index in [-0.39, 0.29) is 32.1 Å². The molecule has 0 radical (unpaired) electrons. The molecule has 0 spiro atoms. The van der Waals surface area contributed by atoms with Crippen molar-refractivity contribution in [2.24, 2.45) is 4.99 Å². The molecule has 1 aliphatic rings. The molecule has 3 aromatic rings. The van der Waals surface area contributed by atoms with E-state index in [9.17, 15) is 15.0 Å². The summed E-state index contributed by atoms with van der Waals surface area (Å²) in [4.78, 5) is 19.0. The van der Waals surface area contributed by atoms with Gasteiger partial charge in [0.05, 0.1) is 25.9 Å². The molecule has 5 N–H and O–H groups in total. The van der Waals surface area contributed by atoms with Crippen molar-refractivity contribution in [2.45, 2.75) is 30.5 Å². The summed E-state index contributed by atoms with van der Waals surface area (Å²) < 4.78 is 13.8. The molecule has 40 heavy (non-hydrogen) atoms. The minimum atomic E-state index is -1.45. The zero-order valence-electron chi connectivity index (χ0n) is 21.6. The van der Waals surface area contributed by atoms with Crippen molar-refractivity contribution in [3.8, 4) is 5.75 Å². The van der Waals surface area contributed by atoms with E-state index in [1.807, 2.05) is 60.7 Å². The molecule has 3 aromatic carbocycles. The molecular formula is C29H31Br2N3O6. The smallest absolute Gasteiger partial charge is 0.266 e. The highest BCUT2D eigenvalue weighted by atomic mass is 79.9. The van der Waals surface area contributed by atoms with E-state index in [2.05, 4.69) is 42.7 Å². The maximum Gasteiger partial charge on any atom is 0.266 e. The van der Waals surface area contributed by atoms with Gasteiger partial charge in [0.25, 0.3) is 5.91 Å². The minimum absolute atomic E-state index is 0.0497. The number of hydrazine groups is 1. The van der Waals surface area contributed by atoms with Gasteiger partial charge in [0.1, 0.15) is 5.75 Å². The summed E-state index contributed by atoms with van der Waals surface area (Å²) in [6.07, 6.45) is -0.0791. The Balaban J connectivity index is 1.77. The molecule has 11 heteroatoms. The van der Waals surface area contributed by atoms with Gasteiger partial charge in [-0.1, -0.05) is 62.2 Å². The van der Waals surface area contributed by atoms with Crippen LogP contribution in [0.15, 0.2) is 86.7 Å². The lowest BCUT2D eigenvalue weighted by atomic mass is 9.82. The first-order valence-corrected chi connectivity index (χ1v) is 14.4. The fourth-order valence-electron chi connectivity index (χ4n) is 4.28. The number of aliphatic imine (C=N–C) groups is 1. The lowest BCUT2D eigenvalue weighted by Crippen LogP contribution is -2.57. The van der Waals surface area contributed by atoms with E-state index in [4.69, 9.17) is 19.6 Å². The summed E-state index contributed by atoms with van der Waals surface area (Å²) in [6, 6.07) is 21.6. The largest absolute Gasteiger partial charge is 0.494 e. The van der Waals surface area contributed by atoms with E-state index in [0.717, 1.165) is 20.1 Å². The number of benzene rings is 3. The quantitative estimate of drug-likeness (QED) is 0.138. The lowest BCUT2D eigenvalue weighted by molar-refractivity contribution is -0.130. The summed E-state index contributed by atoms with van der Waals surface area (Å²) in [6.45, 7) is -0.304. The summed E-state index contributed by atoms with van der Waals surface area (Å²) in [5.41, 5.74) is 6.18. The van der Waals surface area contributed by atoms with Crippen LogP contribution in [0, 0.1) is 0 Å². The molecule has 0 aromatic heterocycles. The van der Waals surface area contributed by atoms with Crippen LogP contribution in [0.3, 0.4) is 0 Å². The number of halogens is 2. The lowest BCUT2D eigenvalue weighted by Gasteiger charge is -2.31. The van der Waals surface area contributed by atoms with Crippen molar-refractivity contribution >= 4 is 43.7 Å². The molecule has 0 fully saturated rings. The Kier molecular flexibility index (Phi) is 10.7. The van der Waals surface area contributed by atoms with Crippen LogP contribution in [0.1, 0.15) is 29.2 Å². The first-order chi connectivity index (χ1) is 19.4. The molecule has 1 amide bonds. The molecule has 0 saturated carbocycles. The van der Waals surface area contributed by atoms with Crippen LogP contribution < -0.4 is 15.6 Å². The monoisotopic (exact) mass is 675 g/mol. The Bertz CT molecular complexity index is 1300. The minimum Gasteiger partial charge on any atom is -0.494 e. The summed E-state index contributed by atoms with van der Waals surface area (Å²) in [5, 5.41) is 28.0. The molecule has 0 aliphatic carbocycles. The number of hydrogen-bond donors (Lipinski definition) is 5. The Morgan fingerprint density at radius 3 is 2.35 bits per heavy atom. The predicted molar refractivity (Wildman–Crippen MR) is 158 cm³/mol. The molecule has 1 heterocycles. The van der Waals surface area contributed by atoms with Crippen molar-refractivity contribution in [3.05, 3.63) is 98.4 Å². The number of nitrogens with one attached hydrogen (secondary N) is 2. The van der Waals surface area contributed by atoms with E-state index in [0.29, 0.717) is 24.3 Å². The van der Waals surface area contributed by atoms with Gasteiger partial charge >= 0.3 is 0 Å². The third-order valence-corrected chi connectivity index (χ3v) is 7.75. The third kappa shape index (κ3) is 7.09. The molecule has 0 unspecified atom stereocenters. The number of carbonyl (C=O) groups excluding carboxylic acids is 1. The molecular weight excluding hydrogens is 646 g/mol. The average molecular weight is 677 g/mol. The maximum atomic E-state index is 14.1. The normalized spacial score (nSPS) is 18.4. The van der Waals surface area contributed by atoms with E-state index < -0.39 is 23.6 Å². The van der Waals surface area contributed by atoms with Gasteiger partial charge in [-0.3, -0.25) is 10.2 Å². The zero-order valence-corrected chi connectivity index (χ0v) is 24.8. The van der Waals surface area contributed by atoms with E-state index in [1.54, 1.807) is 12.1 Å². The molecule has 4 rings (SSSR count). The standard InChI is InChI=1S/C29H31Br2N3O6/c30-22-10-6-19(7-11-22)26-29(16-21-4-1-2-5-25(21)31,28(38)34-33-23(17-36)18-37)32-27(40-26)20-8-12-24(13-9-20)39-15-3-14-35/h1-2,4-13,23,26,33,35-37H,3,14-18H2,(H,34,38)/t26-,29-/m0/s1. The SMILES string of the molecule is O=C(NNC(CO)CO)[C@@]1(Cc2ccccc2Br)N=C(c2ccc(OCCCO)cc2)O[C@H]1c1ccc(Br)cc1. The Morgan fingerprint density at radius 1 is 1.00 bits per heavy atom. The van der Waals surface area contributed by atoms with Crippen molar-refractivity contribution in [1.29, 1.82) is 0 Å². The van der Waals surface area contributed by atoms with Crippen LogP contribution >= 0.6 is 31.9 Å². The highest BCUT2D eigenvalue weighted by Gasteiger charge is 2.53. The highest BCUT2D eigenvalue weighted by molar-refractivity contribution is 9.10. The van der Waals surface area contributed by atoms with Crippen molar-refractivity contribution < 1.29 is 29.6 Å². The van der Waals surface area contributed by atoms with Crippen molar-refractivity contribution in [2.75, 3.05) is 26.4 Å². The fraction of sp³-hybridized carbons (Fsp3) is 0.310. The number of ether oxygens (including phenoxy) is 2. The van der Waals surface area contributed by atoms with Gasteiger partial charge in [-0.25, -0.2) is 10.4 Å². The number of rotatable bonds is 13. The highest BCUT2D eigenvalue weighted by Crippen LogP contribution is 2.43. The topological polar surface area (TPSA) is 133 Å². The number of aliphatic hydroxyl groups excluding tert-OH is 3. The fourth-order valence-corrected chi connectivity index (χ4v) is 4.97. The number of carbonyl (C=O) groups is 1. The van der Waals surface area contributed by atoms with Gasteiger partial charge in [-0.05, 0) is 53.6 Å². The van der Waals surface area contributed by atoms with Crippen molar-refractivity contribution in [3.63, 3.8) is 0 Å². The second-order valence-corrected chi connectivity index (χ2v) is 11.0. The predicted octanol–water partition coefficient (Wildman–Crippen LogP) is 3.45. The Hall–Kier alpha value is -2.80. The number of amides is 1. The molecule has 0 saturated heterocycles. The second-order valence-electron chi connectivity index (χ2n) is 9.27. The first kappa shape index (κ1) is 30.2. The second kappa shape index (κ2) is 14.2. The number of hydrogen-bond acceptors (Lipinski definition) is 8. The van der Waals surface area contributed by atoms with Crippen LogP contribution in [0.4, 0.5) is 0 Å². The maximum absolute atomic E-state index is 14.1. The molecule has 212 valence electrons. The summed E-state index contributed by atoms with van der Waals surface area (Å²) in [7, 11) is 0. The first-order valence-electron chi connectivity index (χ1n) is 12.8. The van der Waals surface area contributed by atoms with Gasteiger partial charge in [-0.2, -0.15) is 0 Å². The number of aliphatic hydroxyl groups is 3. The van der Waals surface area contributed by atoms with Crippen LogP contribution in [-0.2, 0) is 16.0 Å². The summed E-state index contributed by atoms with van der Waals surface area (Å²) in [5.74, 6) is 0.445. The molecule has 1 aliphatic heterocycles. The van der Waals surface area contributed by atoms with Crippen LogP contribution in [0.2, 0.25) is 0 Å². The van der Waals surface area contributed by atoms with E-state index >= 15 is 0 Å². The van der Waals surface area contributed by atoms with E-state index in [1.165, 1.54) is 0 Å². The van der Waals surface area contributed by atoms with Gasteiger partial charge in [0.2, 0.25) is 5.90 Å². The Labute approximate surface area is 249 Å².